The minimum absolute atomic E-state index is 0.209. The topological polar surface area (TPSA) is 130 Å². The second-order valence-electron chi connectivity index (χ2n) is 9.06. The van der Waals surface area contributed by atoms with E-state index < -0.39 is 26.9 Å². The number of nitrogens with zero attached hydrogens (tertiary/aromatic N) is 4. The van der Waals surface area contributed by atoms with Gasteiger partial charge in [-0.05, 0) is 31.5 Å². The molecular weight excluding hydrogens is 511 g/mol. The molecule has 0 spiro atoms. The number of nitrogens with one attached hydrogen (secondary N) is 2. The second-order valence-corrected chi connectivity index (χ2v) is 11.2. The van der Waals surface area contributed by atoms with Crippen LogP contribution in [0.5, 0.6) is 0 Å². The van der Waals surface area contributed by atoms with Crippen LogP contribution in [0, 0.1) is 5.82 Å². The number of H-pyrrole nitrogens is 1. The van der Waals surface area contributed by atoms with Crippen LogP contribution in [0.3, 0.4) is 0 Å². The fraction of sp³-hybridized carbons (Fsp3) is 0.308. The van der Waals surface area contributed by atoms with Gasteiger partial charge in [0.25, 0.3) is 0 Å². The van der Waals surface area contributed by atoms with E-state index in [1.807, 2.05) is 4.90 Å². The van der Waals surface area contributed by atoms with Gasteiger partial charge in [0.15, 0.2) is 11.6 Å². The van der Waals surface area contributed by atoms with Crippen molar-refractivity contribution < 1.29 is 22.3 Å². The lowest BCUT2D eigenvalue weighted by Crippen LogP contribution is -2.37. The second kappa shape index (κ2) is 10.5. The number of hydrogen-bond donors (Lipinski definition) is 2. The number of ether oxygens (including phenoxy) is 1. The number of anilines is 2. The Morgan fingerprint density at radius 1 is 1.13 bits per heavy atom. The molecule has 4 heterocycles. The first-order chi connectivity index (χ1) is 18.3. The Balaban J connectivity index is 1.45. The summed E-state index contributed by atoms with van der Waals surface area (Å²) < 4.78 is 47.9. The van der Waals surface area contributed by atoms with Crippen LogP contribution in [0.1, 0.15) is 36.2 Å². The van der Waals surface area contributed by atoms with Gasteiger partial charge in [0.2, 0.25) is 16.0 Å². The van der Waals surface area contributed by atoms with Crippen molar-refractivity contribution in [2.75, 3.05) is 35.9 Å². The van der Waals surface area contributed by atoms with Crippen molar-refractivity contribution in [1.82, 2.24) is 19.9 Å². The molecule has 0 aliphatic carbocycles. The van der Waals surface area contributed by atoms with Crippen molar-refractivity contribution in [3.05, 3.63) is 66.0 Å². The molecule has 12 heteroatoms. The van der Waals surface area contributed by atoms with Gasteiger partial charge < -0.3 is 14.6 Å². The molecule has 0 saturated carbocycles. The predicted molar refractivity (Wildman–Crippen MR) is 142 cm³/mol. The lowest BCUT2D eigenvalue weighted by atomic mass is 10.0. The molecule has 2 N–H and O–H groups in total. The summed E-state index contributed by atoms with van der Waals surface area (Å²) in [6.07, 6.45) is 6.87. The summed E-state index contributed by atoms with van der Waals surface area (Å²) in [6.45, 7) is 5.96. The third-order valence-electron chi connectivity index (χ3n) is 6.64. The maximum absolute atomic E-state index is 15.3. The number of hydrogen-bond acceptors (Lipinski definition) is 8. The summed E-state index contributed by atoms with van der Waals surface area (Å²) in [5, 5.41) is -0.221. The molecule has 1 aliphatic heterocycles. The van der Waals surface area contributed by atoms with E-state index in [1.54, 1.807) is 31.6 Å². The van der Waals surface area contributed by atoms with Crippen molar-refractivity contribution in [1.29, 1.82) is 0 Å². The predicted octanol–water partition coefficient (Wildman–Crippen LogP) is 3.77. The van der Waals surface area contributed by atoms with Crippen molar-refractivity contribution in [2.45, 2.75) is 25.5 Å². The first kappa shape index (κ1) is 25.7. The van der Waals surface area contributed by atoms with E-state index in [-0.39, 0.29) is 16.8 Å². The Labute approximate surface area is 219 Å². The zero-order valence-electron chi connectivity index (χ0n) is 20.9. The summed E-state index contributed by atoms with van der Waals surface area (Å²) in [5.74, 6) is -0.922. The number of pyridine rings is 1. The Kier molecular flexibility index (Phi) is 7.09. The van der Waals surface area contributed by atoms with Crippen LogP contribution < -0.4 is 9.62 Å². The molecule has 10 nitrogen and oxygen atoms in total. The van der Waals surface area contributed by atoms with E-state index in [0.717, 1.165) is 13.1 Å². The largest absolute Gasteiger partial charge is 0.378 e. The molecule has 5 rings (SSSR count). The molecule has 1 aromatic carbocycles. The third-order valence-corrected chi connectivity index (χ3v) is 8.54. The highest BCUT2D eigenvalue weighted by Crippen LogP contribution is 2.28. The van der Waals surface area contributed by atoms with Gasteiger partial charge in [0.05, 0.1) is 29.7 Å². The number of ketones is 1. The Morgan fingerprint density at radius 2 is 1.84 bits per heavy atom. The Hall–Kier alpha value is -3.90. The molecule has 1 aliphatic rings. The van der Waals surface area contributed by atoms with Crippen molar-refractivity contribution >= 4 is 38.5 Å². The van der Waals surface area contributed by atoms with Crippen molar-refractivity contribution in [3.8, 4) is 11.1 Å². The van der Waals surface area contributed by atoms with Crippen LogP contribution in [0.15, 0.2) is 49.1 Å². The number of benzene rings is 1. The van der Waals surface area contributed by atoms with Crippen LogP contribution >= 0.6 is 0 Å². The summed E-state index contributed by atoms with van der Waals surface area (Å²) >= 11 is 0. The van der Waals surface area contributed by atoms with Crippen molar-refractivity contribution in [3.63, 3.8) is 0 Å². The molecule has 4 aromatic rings. The Bertz CT molecular complexity index is 1580. The molecule has 0 amide bonds. The summed E-state index contributed by atoms with van der Waals surface area (Å²) in [7, 11) is -3.80. The van der Waals surface area contributed by atoms with E-state index in [4.69, 9.17) is 4.74 Å². The van der Waals surface area contributed by atoms with E-state index in [2.05, 4.69) is 24.7 Å². The summed E-state index contributed by atoms with van der Waals surface area (Å²) in [5.41, 5.74) is 1.54. The molecule has 1 saturated heterocycles. The minimum atomic E-state index is -3.80. The molecule has 38 heavy (non-hydrogen) atoms. The number of aromatic amines is 1. The van der Waals surface area contributed by atoms with Gasteiger partial charge in [-0.1, -0.05) is 13.0 Å². The number of aromatic nitrogens is 4. The average molecular weight is 539 g/mol. The molecule has 198 valence electrons. The fourth-order valence-electron chi connectivity index (χ4n) is 4.15. The van der Waals surface area contributed by atoms with E-state index >= 15 is 4.39 Å². The highest BCUT2D eigenvalue weighted by atomic mass is 32.2. The number of carbonyl (C=O) groups excluding carboxylic acids is 1. The number of sulfonamides is 1. The number of morpholine rings is 1. The number of halogens is 1. The smallest absolute Gasteiger partial charge is 0.235 e. The van der Waals surface area contributed by atoms with Gasteiger partial charge in [0, 0.05) is 60.0 Å². The lowest BCUT2D eigenvalue weighted by molar-refractivity contribution is 0.103. The highest BCUT2D eigenvalue weighted by molar-refractivity contribution is 7.93. The maximum Gasteiger partial charge on any atom is 0.235 e. The van der Waals surface area contributed by atoms with Crippen LogP contribution in [0.25, 0.3) is 22.2 Å². The van der Waals surface area contributed by atoms with Crippen LogP contribution in [0.4, 0.5) is 16.0 Å². The zero-order chi connectivity index (χ0) is 26.9. The van der Waals surface area contributed by atoms with Gasteiger partial charge in [-0.3, -0.25) is 9.52 Å². The molecule has 1 unspecified atom stereocenters. The number of rotatable bonds is 8. The SMILES string of the molecule is CCC(C)S(=O)(=O)Nc1cccc(C(=O)c2c[nH]c3ncc(-c4cnc(N5CCOCC5)nc4)cc23)c1F. The molecule has 0 bridgehead atoms. The van der Waals surface area contributed by atoms with Gasteiger partial charge in [-0.2, -0.15) is 0 Å². The van der Waals surface area contributed by atoms with Gasteiger partial charge in [-0.25, -0.2) is 27.8 Å². The lowest BCUT2D eigenvalue weighted by Gasteiger charge is -2.26. The van der Waals surface area contributed by atoms with Crippen LogP contribution in [-0.2, 0) is 14.8 Å². The fourth-order valence-corrected chi connectivity index (χ4v) is 5.25. The van der Waals surface area contributed by atoms with Gasteiger partial charge in [0.1, 0.15) is 5.65 Å². The molecule has 0 radical (unpaired) electrons. The third kappa shape index (κ3) is 4.96. The van der Waals surface area contributed by atoms with E-state index in [0.29, 0.717) is 47.7 Å². The Morgan fingerprint density at radius 3 is 2.55 bits per heavy atom. The molecular formula is C26H27FN6O4S. The van der Waals surface area contributed by atoms with Crippen LogP contribution in [0.2, 0.25) is 0 Å². The quantitative estimate of drug-likeness (QED) is 0.324. The normalized spacial score (nSPS) is 15.0. The summed E-state index contributed by atoms with van der Waals surface area (Å²) in [6, 6.07) is 5.83. The number of carbonyl (C=O) groups is 1. The van der Waals surface area contributed by atoms with Gasteiger partial charge in [-0.15, -0.1) is 0 Å². The summed E-state index contributed by atoms with van der Waals surface area (Å²) in [4.78, 5) is 31.8. The first-order valence-corrected chi connectivity index (χ1v) is 13.8. The first-order valence-electron chi connectivity index (χ1n) is 12.3. The monoisotopic (exact) mass is 538 g/mol. The van der Waals surface area contributed by atoms with E-state index in [1.165, 1.54) is 31.3 Å². The molecule has 3 aromatic heterocycles. The van der Waals surface area contributed by atoms with Crippen LogP contribution in [-0.4, -0.2) is 65.7 Å². The average Bonchev–Trinajstić information content (AvgIpc) is 3.37. The minimum Gasteiger partial charge on any atom is -0.378 e. The van der Waals surface area contributed by atoms with E-state index in [9.17, 15) is 13.2 Å². The zero-order valence-corrected chi connectivity index (χ0v) is 21.8. The molecule has 1 fully saturated rings. The van der Waals surface area contributed by atoms with Gasteiger partial charge >= 0.3 is 0 Å². The molecule has 1 atom stereocenters. The highest BCUT2D eigenvalue weighted by Gasteiger charge is 2.24. The van der Waals surface area contributed by atoms with Crippen molar-refractivity contribution in [2.24, 2.45) is 0 Å². The standard InChI is InChI=1S/C26H27FN6O4S/c1-3-16(2)38(35,36)32-22-6-4-5-19(23(22)27)24(34)21-15-29-25-20(21)11-17(12-28-25)18-13-30-26(31-14-18)33-7-9-37-10-8-33/h4-6,11-16,32H,3,7-10H2,1-2H3,(H,28,29). The number of fused-ring (bicyclic) bond motifs is 1. The maximum atomic E-state index is 15.3.